The third-order valence-electron chi connectivity index (χ3n) is 4.80. The fourth-order valence-electron chi connectivity index (χ4n) is 3.77. The summed E-state index contributed by atoms with van der Waals surface area (Å²) in [6.45, 7) is 2.22. The monoisotopic (exact) mass is 328 g/mol. The Morgan fingerprint density at radius 3 is 2.08 bits per heavy atom. The first kappa shape index (κ1) is 14.0. The summed E-state index contributed by atoms with van der Waals surface area (Å²) >= 11 is 0. The summed E-state index contributed by atoms with van der Waals surface area (Å²) in [6, 6.07) is 26.1. The molecule has 0 N–H and O–H groups in total. The van der Waals surface area contributed by atoms with Crippen molar-refractivity contribution >= 4 is 29.7 Å². The summed E-state index contributed by atoms with van der Waals surface area (Å²) in [6.07, 6.45) is 0.999. The Balaban J connectivity index is 2.00. The molecule has 0 aromatic heterocycles. The van der Waals surface area contributed by atoms with Gasteiger partial charge in [0.2, 0.25) is 0 Å². The minimum atomic E-state index is -0.502. The lowest BCUT2D eigenvalue weighted by molar-refractivity contribution is 0.623. The number of rotatable bonds is 0. The van der Waals surface area contributed by atoms with Crippen LogP contribution >= 0.6 is 8.15 Å². The van der Waals surface area contributed by atoms with Crippen LogP contribution in [0.2, 0.25) is 0 Å². The first-order valence-corrected chi connectivity index (χ1v) is 10.1. The Kier molecular flexibility index (Phi) is 3.11. The molecule has 0 saturated heterocycles. The molecule has 0 spiro atoms. The lowest BCUT2D eigenvalue weighted by atomic mass is 9.90. The summed E-state index contributed by atoms with van der Waals surface area (Å²) in [5.74, 6) is 1.03. The van der Waals surface area contributed by atoms with E-state index in [4.69, 9.17) is 4.52 Å². The van der Waals surface area contributed by atoms with Gasteiger partial charge in [0.1, 0.15) is 5.75 Å². The molecule has 1 heterocycles. The summed E-state index contributed by atoms with van der Waals surface area (Å²) in [7, 11) is -0.502. The van der Waals surface area contributed by atoms with Gasteiger partial charge in [-0.1, -0.05) is 66.7 Å². The molecule has 1 nitrogen and oxygen atoms in total. The van der Waals surface area contributed by atoms with Gasteiger partial charge in [-0.15, -0.1) is 0 Å². The van der Waals surface area contributed by atoms with Crippen LogP contribution < -0.4 is 4.52 Å². The molecule has 0 radical (unpaired) electrons. The normalized spacial score (nSPS) is 16.3. The van der Waals surface area contributed by atoms with Crippen molar-refractivity contribution in [1.82, 2.24) is 0 Å². The molecular formula is C22H17OP. The smallest absolute Gasteiger partial charge is 0.131 e. The molecule has 116 valence electrons. The van der Waals surface area contributed by atoms with Crippen molar-refractivity contribution in [2.75, 3.05) is 6.66 Å². The van der Waals surface area contributed by atoms with Crippen LogP contribution in [-0.2, 0) is 6.16 Å². The molecule has 5 rings (SSSR count). The zero-order valence-corrected chi connectivity index (χ0v) is 14.4. The van der Waals surface area contributed by atoms with Gasteiger partial charge < -0.3 is 4.52 Å². The van der Waals surface area contributed by atoms with Gasteiger partial charge in [0.15, 0.2) is 0 Å². The number of benzene rings is 4. The second-order valence-electron chi connectivity index (χ2n) is 6.36. The minimum Gasteiger partial charge on any atom is -0.473 e. The molecule has 1 atom stereocenters. The number of fused-ring (bicyclic) bond motifs is 7. The Labute approximate surface area is 142 Å². The lowest BCUT2D eigenvalue weighted by Gasteiger charge is -2.15. The van der Waals surface area contributed by atoms with E-state index in [0.29, 0.717) is 0 Å². The number of hydrogen-bond acceptors (Lipinski definition) is 1. The van der Waals surface area contributed by atoms with E-state index >= 15 is 0 Å². The largest absolute Gasteiger partial charge is 0.473 e. The van der Waals surface area contributed by atoms with Crippen LogP contribution in [0.15, 0.2) is 72.8 Å². The third kappa shape index (κ3) is 2.05. The topological polar surface area (TPSA) is 9.23 Å². The number of hydrogen-bond donors (Lipinski definition) is 0. The van der Waals surface area contributed by atoms with Gasteiger partial charge in [-0.3, -0.25) is 0 Å². The van der Waals surface area contributed by atoms with Crippen LogP contribution in [0, 0.1) is 0 Å². The second kappa shape index (κ2) is 5.33. The maximum atomic E-state index is 6.36. The summed E-state index contributed by atoms with van der Waals surface area (Å²) < 4.78 is 6.36. The van der Waals surface area contributed by atoms with Gasteiger partial charge in [0, 0.05) is 11.7 Å². The van der Waals surface area contributed by atoms with Crippen molar-refractivity contribution in [3.05, 3.63) is 78.4 Å². The van der Waals surface area contributed by atoms with Crippen LogP contribution in [-0.4, -0.2) is 6.66 Å². The maximum absolute atomic E-state index is 6.36. The standard InChI is InChI=1S/C22H17OP/c1-24-14-17-11-10-15-6-2-4-8-18(15)21(17)22-19-9-5-3-7-16(19)12-13-20(22)23-24/h2-13H,14H2,1H3. The van der Waals surface area contributed by atoms with E-state index in [9.17, 15) is 0 Å². The predicted molar refractivity (Wildman–Crippen MR) is 104 cm³/mol. The average Bonchev–Trinajstić information content (AvgIpc) is 2.77. The van der Waals surface area contributed by atoms with Gasteiger partial charge in [0.05, 0.1) is 8.15 Å². The van der Waals surface area contributed by atoms with Crippen LogP contribution in [0.5, 0.6) is 5.75 Å². The summed E-state index contributed by atoms with van der Waals surface area (Å²) in [5, 5.41) is 5.15. The molecule has 0 aliphatic carbocycles. The minimum absolute atomic E-state index is 0.502. The fraction of sp³-hybridized carbons (Fsp3) is 0.0909. The first-order chi connectivity index (χ1) is 11.8. The van der Waals surface area contributed by atoms with E-state index in [2.05, 4.69) is 79.5 Å². The maximum Gasteiger partial charge on any atom is 0.131 e. The molecule has 0 saturated carbocycles. The average molecular weight is 328 g/mol. The SMILES string of the molecule is CP1Cc2ccc3ccccc3c2-c2c(ccc3ccccc23)O1. The highest BCUT2D eigenvalue weighted by Gasteiger charge is 2.23. The third-order valence-corrected chi connectivity index (χ3v) is 6.10. The summed E-state index contributed by atoms with van der Waals surface area (Å²) in [5.41, 5.74) is 4.01. The van der Waals surface area contributed by atoms with E-state index in [0.717, 1.165) is 11.9 Å². The van der Waals surface area contributed by atoms with E-state index in [1.54, 1.807) is 0 Å². The highest BCUT2D eigenvalue weighted by molar-refractivity contribution is 7.51. The van der Waals surface area contributed by atoms with Crippen molar-refractivity contribution in [3.63, 3.8) is 0 Å². The van der Waals surface area contributed by atoms with Gasteiger partial charge in [-0.25, -0.2) is 0 Å². The molecule has 1 aliphatic rings. The second-order valence-corrected chi connectivity index (χ2v) is 8.11. The molecule has 1 aliphatic heterocycles. The van der Waals surface area contributed by atoms with Crippen LogP contribution in [0.3, 0.4) is 0 Å². The van der Waals surface area contributed by atoms with Gasteiger partial charge >= 0.3 is 0 Å². The summed E-state index contributed by atoms with van der Waals surface area (Å²) in [4.78, 5) is 0. The van der Waals surface area contributed by atoms with Crippen molar-refractivity contribution in [2.24, 2.45) is 0 Å². The van der Waals surface area contributed by atoms with Crippen molar-refractivity contribution in [3.8, 4) is 16.9 Å². The van der Waals surface area contributed by atoms with Crippen molar-refractivity contribution < 1.29 is 4.52 Å². The molecule has 2 heteroatoms. The Morgan fingerprint density at radius 2 is 1.33 bits per heavy atom. The fourth-order valence-corrected chi connectivity index (χ4v) is 5.06. The predicted octanol–water partition coefficient (Wildman–Crippen LogP) is 6.58. The molecule has 0 fully saturated rings. The van der Waals surface area contributed by atoms with E-state index in [1.807, 2.05) is 0 Å². The Bertz CT molecular complexity index is 996. The van der Waals surface area contributed by atoms with Gasteiger partial charge in [-0.05, 0) is 45.4 Å². The first-order valence-electron chi connectivity index (χ1n) is 8.23. The van der Waals surface area contributed by atoms with Gasteiger partial charge in [0.25, 0.3) is 0 Å². The molecule has 1 unspecified atom stereocenters. The zero-order chi connectivity index (χ0) is 16.1. The quantitative estimate of drug-likeness (QED) is 0.331. The van der Waals surface area contributed by atoms with Crippen molar-refractivity contribution in [1.29, 1.82) is 0 Å². The molecule has 0 bridgehead atoms. The highest BCUT2D eigenvalue weighted by atomic mass is 31.1. The van der Waals surface area contributed by atoms with Gasteiger partial charge in [-0.2, -0.15) is 0 Å². The van der Waals surface area contributed by atoms with Crippen LogP contribution in [0.4, 0.5) is 0 Å². The molecule has 24 heavy (non-hydrogen) atoms. The lowest BCUT2D eigenvalue weighted by Crippen LogP contribution is -1.90. The van der Waals surface area contributed by atoms with Crippen LogP contribution in [0.1, 0.15) is 5.56 Å². The zero-order valence-electron chi connectivity index (χ0n) is 13.5. The Hall–Kier alpha value is -2.37. The van der Waals surface area contributed by atoms with Crippen molar-refractivity contribution in [2.45, 2.75) is 6.16 Å². The Morgan fingerprint density at radius 1 is 0.708 bits per heavy atom. The molecule has 0 amide bonds. The molecular weight excluding hydrogens is 311 g/mol. The highest BCUT2D eigenvalue weighted by Crippen LogP contribution is 2.52. The van der Waals surface area contributed by atoms with E-state index in [1.165, 1.54) is 38.2 Å². The van der Waals surface area contributed by atoms with E-state index in [-0.39, 0.29) is 0 Å². The molecule has 4 aromatic rings. The van der Waals surface area contributed by atoms with Crippen LogP contribution in [0.25, 0.3) is 32.7 Å². The molecule has 4 aromatic carbocycles. The van der Waals surface area contributed by atoms with E-state index < -0.39 is 8.15 Å².